The Bertz CT molecular complexity index is 726. The maximum atomic E-state index is 13.3. The van der Waals surface area contributed by atoms with Gasteiger partial charge in [-0.05, 0) is 30.3 Å². The van der Waals surface area contributed by atoms with Gasteiger partial charge in [0.25, 0.3) is 0 Å². The van der Waals surface area contributed by atoms with Crippen molar-refractivity contribution < 1.29 is 14.3 Å². The molecule has 3 rings (SSSR count). The zero-order valence-electron chi connectivity index (χ0n) is 10.4. The molecule has 4 nitrogen and oxygen atoms in total. The molecule has 1 aliphatic rings. The minimum atomic E-state index is -0.488. The number of aliphatic imine (C=N–C) groups is 1. The summed E-state index contributed by atoms with van der Waals surface area (Å²) in [6.07, 6.45) is -0.0221. The standard InChI is InChI=1S/C15H11FN2O2/c16-9-5-6-14(19)10(7-9)13-8-15(20)18-12-4-2-1-3-11(12)17-13/h1-7,19H,8H2,(H,18,20). The van der Waals surface area contributed by atoms with Gasteiger partial charge in [0.2, 0.25) is 5.91 Å². The molecular formula is C15H11FN2O2. The van der Waals surface area contributed by atoms with E-state index >= 15 is 0 Å². The number of fused-ring (bicyclic) bond motifs is 1. The van der Waals surface area contributed by atoms with Crippen molar-refractivity contribution in [2.75, 3.05) is 5.32 Å². The Morgan fingerprint density at radius 3 is 2.85 bits per heavy atom. The van der Waals surface area contributed by atoms with Crippen LogP contribution in [0, 0.1) is 5.82 Å². The number of para-hydroxylation sites is 2. The molecule has 1 amide bonds. The van der Waals surface area contributed by atoms with Gasteiger partial charge in [-0.3, -0.25) is 4.79 Å². The number of halogens is 1. The zero-order chi connectivity index (χ0) is 14.1. The summed E-state index contributed by atoms with van der Waals surface area (Å²) in [6, 6.07) is 10.7. The largest absolute Gasteiger partial charge is 0.507 e. The van der Waals surface area contributed by atoms with Crippen LogP contribution in [0.1, 0.15) is 12.0 Å². The van der Waals surface area contributed by atoms with Crippen LogP contribution in [0.4, 0.5) is 15.8 Å². The van der Waals surface area contributed by atoms with Crippen molar-refractivity contribution in [2.24, 2.45) is 4.99 Å². The number of nitrogens with zero attached hydrogens (tertiary/aromatic N) is 1. The van der Waals surface area contributed by atoms with Crippen LogP contribution >= 0.6 is 0 Å². The molecule has 100 valence electrons. The molecular weight excluding hydrogens is 259 g/mol. The molecule has 0 aromatic heterocycles. The Hall–Kier alpha value is -2.69. The molecule has 1 aliphatic heterocycles. The molecule has 2 aromatic carbocycles. The van der Waals surface area contributed by atoms with E-state index in [0.717, 1.165) is 6.07 Å². The maximum absolute atomic E-state index is 13.3. The van der Waals surface area contributed by atoms with E-state index in [4.69, 9.17) is 0 Å². The Labute approximate surface area is 114 Å². The van der Waals surface area contributed by atoms with Crippen molar-refractivity contribution in [3.05, 3.63) is 53.8 Å². The highest BCUT2D eigenvalue weighted by atomic mass is 19.1. The highest BCUT2D eigenvalue weighted by molar-refractivity contribution is 6.17. The second-order valence-electron chi connectivity index (χ2n) is 4.46. The summed E-state index contributed by atoms with van der Waals surface area (Å²) in [5, 5.41) is 12.6. The molecule has 2 N–H and O–H groups in total. The number of carbonyl (C=O) groups is 1. The van der Waals surface area contributed by atoms with Gasteiger partial charge in [-0.1, -0.05) is 12.1 Å². The molecule has 0 unspecified atom stereocenters. The fraction of sp³-hybridized carbons (Fsp3) is 0.0667. The van der Waals surface area contributed by atoms with Gasteiger partial charge in [0, 0.05) is 5.56 Å². The van der Waals surface area contributed by atoms with Gasteiger partial charge in [-0.15, -0.1) is 0 Å². The van der Waals surface area contributed by atoms with E-state index in [1.807, 2.05) is 0 Å². The average molecular weight is 270 g/mol. The fourth-order valence-corrected chi connectivity index (χ4v) is 2.10. The Morgan fingerprint density at radius 2 is 2.00 bits per heavy atom. The topological polar surface area (TPSA) is 61.7 Å². The number of phenols is 1. The molecule has 0 aliphatic carbocycles. The highest BCUT2D eigenvalue weighted by Gasteiger charge is 2.19. The first-order valence-electron chi connectivity index (χ1n) is 6.09. The number of amides is 1. The predicted molar refractivity (Wildman–Crippen MR) is 74.0 cm³/mol. The average Bonchev–Trinajstić information content (AvgIpc) is 2.59. The van der Waals surface area contributed by atoms with Crippen LogP contribution < -0.4 is 5.32 Å². The summed E-state index contributed by atoms with van der Waals surface area (Å²) in [5.74, 6) is -0.840. The minimum Gasteiger partial charge on any atom is -0.507 e. The number of nitrogens with one attached hydrogen (secondary N) is 1. The first-order chi connectivity index (χ1) is 9.63. The van der Waals surface area contributed by atoms with E-state index in [0.29, 0.717) is 17.1 Å². The molecule has 0 saturated heterocycles. The predicted octanol–water partition coefficient (Wildman–Crippen LogP) is 2.99. The van der Waals surface area contributed by atoms with Crippen molar-refractivity contribution in [3.63, 3.8) is 0 Å². The van der Waals surface area contributed by atoms with Crippen LogP contribution in [0.25, 0.3) is 0 Å². The Balaban J connectivity index is 2.15. The molecule has 0 fully saturated rings. The van der Waals surface area contributed by atoms with E-state index in [-0.39, 0.29) is 23.6 Å². The summed E-state index contributed by atoms with van der Waals surface area (Å²) in [5.41, 5.74) is 1.75. The van der Waals surface area contributed by atoms with Crippen LogP contribution in [0.3, 0.4) is 0 Å². The number of benzene rings is 2. The lowest BCUT2D eigenvalue weighted by atomic mass is 10.1. The summed E-state index contributed by atoms with van der Waals surface area (Å²) >= 11 is 0. The number of rotatable bonds is 1. The van der Waals surface area contributed by atoms with E-state index in [1.165, 1.54) is 12.1 Å². The van der Waals surface area contributed by atoms with E-state index in [2.05, 4.69) is 10.3 Å². The molecule has 2 aromatic rings. The molecule has 0 saturated carbocycles. The van der Waals surface area contributed by atoms with E-state index < -0.39 is 5.82 Å². The lowest BCUT2D eigenvalue weighted by molar-refractivity contribution is -0.115. The van der Waals surface area contributed by atoms with Gasteiger partial charge in [0.05, 0.1) is 23.5 Å². The second kappa shape index (κ2) is 4.77. The summed E-state index contributed by atoms with van der Waals surface area (Å²) in [6.45, 7) is 0. The van der Waals surface area contributed by atoms with Crippen molar-refractivity contribution in [1.29, 1.82) is 0 Å². The quantitative estimate of drug-likeness (QED) is 0.836. The maximum Gasteiger partial charge on any atom is 0.230 e. The zero-order valence-corrected chi connectivity index (χ0v) is 10.4. The molecule has 20 heavy (non-hydrogen) atoms. The number of carbonyl (C=O) groups excluding carboxylic acids is 1. The van der Waals surface area contributed by atoms with Crippen LogP contribution in [0.2, 0.25) is 0 Å². The van der Waals surface area contributed by atoms with Gasteiger partial charge in [-0.25, -0.2) is 9.38 Å². The van der Waals surface area contributed by atoms with Crippen molar-refractivity contribution in [2.45, 2.75) is 6.42 Å². The first-order valence-corrected chi connectivity index (χ1v) is 6.09. The summed E-state index contributed by atoms with van der Waals surface area (Å²) in [4.78, 5) is 16.2. The van der Waals surface area contributed by atoms with Crippen molar-refractivity contribution in [1.82, 2.24) is 0 Å². The molecule has 0 bridgehead atoms. The van der Waals surface area contributed by atoms with Gasteiger partial charge >= 0.3 is 0 Å². The molecule has 5 heteroatoms. The third kappa shape index (κ3) is 2.25. The molecule has 0 atom stereocenters. The first kappa shape index (κ1) is 12.3. The number of hydrogen-bond donors (Lipinski definition) is 2. The van der Waals surface area contributed by atoms with Crippen LogP contribution in [0.5, 0.6) is 5.75 Å². The van der Waals surface area contributed by atoms with E-state index in [1.54, 1.807) is 24.3 Å². The number of phenolic OH excluding ortho intramolecular Hbond substituents is 1. The van der Waals surface area contributed by atoms with Gasteiger partial charge in [0.15, 0.2) is 0 Å². The van der Waals surface area contributed by atoms with Gasteiger partial charge < -0.3 is 10.4 Å². The number of aromatic hydroxyl groups is 1. The molecule has 0 spiro atoms. The SMILES string of the molecule is O=C1CC(c2cc(F)ccc2O)=Nc2ccccc2N1. The Morgan fingerprint density at radius 1 is 1.20 bits per heavy atom. The van der Waals surface area contributed by atoms with Crippen LogP contribution in [-0.4, -0.2) is 16.7 Å². The van der Waals surface area contributed by atoms with Crippen LogP contribution in [0.15, 0.2) is 47.5 Å². The fourth-order valence-electron chi connectivity index (χ4n) is 2.10. The number of hydrogen-bond acceptors (Lipinski definition) is 3. The Kier molecular flexibility index (Phi) is 2.95. The normalized spacial score (nSPS) is 14.1. The van der Waals surface area contributed by atoms with Crippen molar-refractivity contribution >= 4 is 23.0 Å². The van der Waals surface area contributed by atoms with E-state index in [9.17, 15) is 14.3 Å². The van der Waals surface area contributed by atoms with Gasteiger partial charge in [-0.2, -0.15) is 0 Å². The summed E-state index contributed by atoms with van der Waals surface area (Å²) in [7, 11) is 0. The second-order valence-corrected chi connectivity index (χ2v) is 4.46. The lowest BCUT2D eigenvalue weighted by Crippen LogP contribution is -2.15. The molecule has 1 heterocycles. The summed E-state index contributed by atoms with van der Waals surface area (Å²) < 4.78 is 13.3. The molecule has 0 radical (unpaired) electrons. The van der Waals surface area contributed by atoms with Crippen molar-refractivity contribution in [3.8, 4) is 5.75 Å². The number of anilines is 1. The smallest absolute Gasteiger partial charge is 0.230 e. The monoisotopic (exact) mass is 270 g/mol. The highest BCUT2D eigenvalue weighted by Crippen LogP contribution is 2.30. The minimum absolute atomic E-state index is 0.0221. The lowest BCUT2D eigenvalue weighted by Gasteiger charge is -2.06. The van der Waals surface area contributed by atoms with Gasteiger partial charge in [0.1, 0.15) is 11.6 Å². The third-order valence-electron chi connectivity index (χ3n) is 3.03. The van der Waals surface area contributed by atoms with Crippen LogP contribution in [-0.2, 0) is 4.79 Å². The third-order valence-corrected chi connectivity index (χ3v) is 3.03.